The molecule has 118 valence electrons. The standard InChI is InChI=1S/C13H21N3O5/c17-7-11(8-18)21-13(20)3-1-2-12(19)15-5-4-10-6-14-9-16-10/h6,9,11,17-18H,1-5,7-8H2,(H,14,16)(H,15,19). The molecule has 0 saturated carbocycles. The second kappa shape index (κ2) is 9.89. The molecule has 0 unspecified atom stereocenters. The molecule has 0 aromatic carbocycles. The molecule has 0 spiro atoms. The topological polar surface area (TPSA) is 125 Å². The quantitative estimate of drug-likeness (QED) is 0.416. The summed E-state index contributed by atoms with van der Waals surface area (Å²) in [6.45, 7) is -0.338. The van der Waals surface area contributed by atoms with Gasteiger partial charge in [-0.3, -0.25) is 9.59 Å². The minimum absolute atomic E-state index is 0.0739. The highest BCUT2D eigenvalue weighted by Crippen LogP contribution is 2.01. The Morgan fingerprint density at radius 3 is 2.71 bits per heavy atom. The van der Waals surface area contributed by atoms with Crippen molar-refractivity contribution in [3.63, 3.8) is 0 Å². The maximum Gasteiger partial charge on any atom is 0.306 e. The van der Waals surface area contributed by atoms with Crippen molar-refractivity contribution in [2.75, 3.05) is 19.8 Å². The third kappa shape index (κ3) is 7.42. The molecule has 0 fully saturated rings. The van der Waals surface area contributed by atoms with Crippen LogP contribution in [0.3, 0.4) is 0 Å². The Balaban J connectivity index is 2.06. The SMILES string of the molecule is O=C(CCCC(=O)OC(CO)CO)NCCc1cnc[nH]1. The number of esters is 1. The normalized spacial score (nSPS) is 10.6. The van der Waals surface area contributed by atoms with Crippen LogP contribution in [-0.2, 0) is 20.7 Å². The van der Waals surface area contributed by atoms with Gasteiger partial charge >= 0.3 is 5.97 Å². The van der Waals surface area contributed by atoms with Gasteiger partial charge in [0.1, 0.15) is 6.10 Å². The van der Waals surface area contributed by atoms with E-state index in [1.165, 1.54) is 0 Å². The molecule has 1 heterocycles. The Kier molecular flexibility index (Phi) is 8.07. The first-order valence-electron chi connectivity index (χ1n) is 6.80. The van der Waals surface area contributed by atoms with E-state index in [9.17, 15) is 9.59 Å². The van der Waals surface area contributed by atoms with E-state index in [1.54, 1.807) is 12.5 Å². The van der Waals surface area contributed by atoms with Crippen LogP contribution in [0.2, 0.25) is 0 Å². The molecule has 1 amide bonds. The zero-order valence-corrected chi connectivity index (χ0v) is 11.7. The Morgan fingerprint density at radius 2 is 2.10 bits per heavy atom. The molecule has 0 saturated heterocycles. The lowest BCUT2D eigenvalue weighted by Gasteiger charge is -2.12. The minimum atomic E-state index is -0.888. The number of hydrogen-bond acceptors (Lipinski definition) is 6. The number of aliphatic hydroxyl groups is 2. The molecular formula is C13H21N3O5. The number of rotatable bonds is 10. The first kappa shape index (κ1) is 17.1. The predicted molar refractivity (Wildman–Crippen MR) is 73.2 cm³/mol. The van der Waals surface area contributed by atoms with Gasteiger partial charge in [0.05, 0.1) is 19.5 Å². The third-order valence-corrected chi connectivity index (χ3v) is 2.76. The van der Waals surface area contributed by atoms with Crippen LogP contribution in [0.4, 0.5) is 0 Å². The number of imidazole rings is 1. The van der Waals surface area contributed by atoms with E-state index in [0.29, 0.717) is 19.4 Å². The van der Waals surface area contributed by atoms with Gasteiger partial charge in [-0.25, -0.2) is 4.98 Å². The zero-order chi connectivity index (χ0) is 15.5. The van der Waals surface area contributed by atoms with Gasteiger partial charge in [-0.05, 0) is 6.42 Å². The van der Waals surface area contributed by atoms with Gasteiger partial charge in [0.25, 0.3) is 0 Å². The van der Waals surface area contributed by atoms with E-state index in [1.807, 2.05) is 0 Å². The number of aromatic nitrogens is 2. The predicted octanol–water partition coefficient (Wildman–Crippen LogP) is -0.865. The molecule has 21 heavy (non-hydrogen) atoms. The zero-order valence-electron chi connectivity index (χ0n) is 11.7. The first-order valence-corrected chi connectivity index (χ1v) is 6.80. The maximum atomic E-state index is 11.5. The number of nitrogens with one attached hydrogen (secondary N) is 2. The second-order valence-corrected chi connectivity index (χ2v) is 4.51. The number of aromatic amines is 1. The summed E-state index contributed by atoms with van der Waals surface area (Å²) in [4.78, 5) is 29.7. The van der Waals surface area contributed by atoms with Gasteiger partial charge in [0, 0.05) is 37.7 Å². The second-order valence-electron chi connectivity index (χ2n) is 4.51. The summed E-state index contributed by atoms with van der Waals surface area (Å²) in [5.74, 6) is -0.670. The molecule has 0 aliphatic carbocycles. The van der Waals surface area contributed by atoms with E-state index >= 15 is 0 Å². The summed E-state index contributed by atoms with van der Waals surface area (Å²) in [6.07, 6.45) is 3.71. The van der Waals surface area contributed by atoms with Crippen LogP contribution in [0.1, 0.15) is 25.0 Å². The fourth-order valence-electron chi connectivity index (χ4n) is 1.62. The lowest BCUT2D eigenvalue weighted by Crippen LogP contribution is -2.27. The molecule has 0 aliphatic rings. The molecule has 1 aromatic heterocycles. The van der Waals surface area contributed by atoms with Crippen LogP contribution < -0.4 is 5.32 Å². The molecule has 0 atom stereocenters. The van der Waals surface area contributed by atoms with E-state index in [4.69, 9.17) is 14.9 Å². The van der Waals surface area contributed by atoms with Crippen molar-refractivity contribution in [1.29, 1.82) is 0 Å². The highest BCUT2D eigenvalue weighted by molar-refractivity contribution is 5.77. The van der Waals surface area contributed by atoms with Crippen molar-refractivity contribution >= 4 is 11.9 Å². The van der Waals surface area contributed by atoms with Crippen molar-refractivity contribution in [3.8, 4) is 0 Å². The Bertz CT molecular complexity index is 417. The summed E-state index contributed by atoms with van der Waals surface area (Å²) in [6, 6.07) is 0. The lowest BCUT2D eigenvalue weighted by atomic mass is 10.2. The van der Waals surface area contributed by atoms with Crippen molar-refractivity contribution < 1.29 is 24.5 Å². The van der Waals surface area contributed by atoms with Crippen LogP contribution in [0.25, 0.3) is 0 Å². The summed E-state index contributed by atoms with van der Waals surface area (Å²) >= 11 is 0. The molecule has 1 rings (SSSR count). The van der Waals surface area contributed by atoms with Crippen LogP contribution in [0, 0.1) is 0 Å². The summed E-state index contributed by atoms with van der Waals surface area (Å²) < 4.78 is 4.78. The van der Waals surface area contributed by atoms with Crippen molar-refractivity contribution in [2.24, 2.45) is 0 Å². The first-order chi connectivity index (χ1) is 10.2. The van der Waals surface area contributed by atoms with E-state index in [2.05, 4.69) is 15.3 Å². The van der Waals surface area contributed by atoms with E-state index in [-0.39, 0.29) is 18.7 Å². The van der Waals surface area contributed by atoms with Gasteiger partial charge in [-0.15, -0.1) is 0 Å². The molecule has 0 radical (unpaired) electrons. The summed E-state index contributed by atoms with van der Waals surface area (Å²) in [5.41, 5.74) is 0.943. The number of amides is 1. The van der Waals surface area contributed by atoms with Gasteiger partial charge in [0.2, 0.25) is 5.91 Å². The van der Waals surface area contributed by atoms with Gasteiger partial charge < -0.3 is 25.3 Å². The van der Waals surface area contributed by atoms with Crippen LogP contribution in [0.15, 0.2) is 12.5 Å². The minimum Gasteiger partial charge on any atom is -0.457 e. The van der Waals surface area contributed by atoms with E-state index in [0.717, 1.165) is 5.69 Å². The smallest absolute Gasteiger partial charge is 0.306 e. The molecule has 8 heteroatoms. The Labute approximate surface area is 122 Å². The molecular weight excluding hydrogens is 278 g/mol. The van der Waals surface area contributed by atoms with Gasteiger partial charge in [0.15, 0.2) is 0 Å². The van der Waals surface area contributed by atoms with Crippen LogP contribution in [0.5, 0.6) is 0 Å². The number of H-pyrrole nitrogens is 1. The number of ether oxygens (including phenoxy) is 1. The van der Waals surface area contributed by atoms with Gasteiger partial charge in [-0.2, -0.15) is 0 Å². The van der Waals surface area contributed by atoms with Gasteiger partial charge in [-0.1, -0.05) is 0 Å². The van der Waals surface area contributed by atoms with Crippen LogP contribution in [-0.4, -0.2) is 57.9 Å². The highest BCUT2D eigenvalue weighted by Gasteiger charge is 2.12. The number of hydrogen-bond donors (Lipinski definition) is 4. The van der Waals surface area contributed by atoms with E-state index < -0.39 is 25.3 Å². The number of nitrogens with zero attached hydrogens (tertiary/aromatic N) is 1. The molecule has 4 N–H and O–H groups in total. The molecule has 8 nitrogen and oxygen atoms in total. The summed E-state index contributed by atoms with van der Waals surface area (Å²) in [5, 5.41) is 20.3. The number of carbonyl (C=O) groups excluding carboxylic acids is 2. The fourth-order valence-corrected chi connectivity index (χ4v) is 1.62. The van der Waals surface area contributed by atoms with Crippen LogP contribution >= 0.6 is 0 Å². The average molecular weight is 299 g/mol. The van der Waals surface area contributed by atoms with Crippen molar-refractivity contribution in [3.05, 3.63) is 18.2 Å². The van der Waals surface area contributed by atoms with Crippen molar-refractivity contribution in [2.45, 2.75) is 31.8 Å². The Hall–Kier alpha value is -1.93. The maximum absolute atomic E-state index is 11.5. The third-order valence-electron chi connectivity index (χ3n) is 2.76. The van der Waals surface area contributed by atoms with Crippen molar-refractivity contribution in [1.82, 2.24) is 15.3 Å². The monoisotopic (exact) mass is 299 g/mol. The molecule has 0 aliphatic heterocycles. The fraction of sp³-hybridized carbons (Fsp3) is 0.615. The molecule has 1 aromatic rings. The highest BCUT2D eigenvalue weighted by atomic mass is 16.6. The Morgan fingerprint density at radius 1 is 1.33 bits per heavy atom. The average Bonchev–Trinajstić information content (AvgIpc) is 2.98. The number of aliphatic hydroxyl groups excluding tert-OH is 2. The lowest BCUT2D eigenvalue weighted by molar-refractivity contribution is -0.153. The summed E-state index contributed by atoms with van der Waals surface area (Å²) in [7, 11) is 0. The molecule has 0 bridgehead atoms. The largest absolute Gasteiger partial charge is 0.457 e. The number of carbonyl (C=O) groups is 2.